The predicted molar refractivity (Wildman–Crippen MR) is 101 cm³/mol. The van der Waals surface area contributed by atoms with Crippen molar-refractivity contribution in [1.29, 1.82) is 0 Å². The fourth-order valence-electron chi connectivity index (χ4n) is 2.48. The first-order valence-electron chi connectivity index (χ1n) is 8.89. The highest BCUT2D eigenvalue weighted by Gasteiger charge is 2.20. The Bertz CT molecular complexity index is 793. The summed E-state index contributed by atoms with van der Waals surface area (Å²) in [4.78, 5) is 24.2. The van der Waals surface area contributed by atoms with E-state index in [1.165, 1.54) is 25.1 Å². The Morgan fingerprint density at radius 3 is 2.44 bits per heavy atom. The maximum absolute atomic E-state index is 13.5. The number of hydrogen-bond donors (Lipinski definition) is 1. The number of halogens is 1. The van der Waals surface area contributed by atoms with Gasteiger partial charge in [-0.2, -0.15) is 0 Å². The third-order valence-electron chi connectivity index (χ3n) is 4.22. The molecular formula is C21H24FNO4. The molecule has 27 heavy (non-hydrogen) atoms. The Labute approximate surface area is 158 Å². The van der Waals surface area contributed by atoms with Crippen LogP contribution in [0.15, 0.2) is 48.5 Å². The van der Waals surface area contributed by atoms with Crippen molar-refractivity contribution < 1.29 is 23.5 Å². The molecule has 0 bridgehead atoms. The number of para-hydroxylation sites is 2. The third kappa shape index (κ3) is 5.81. The molecule has 2 rings (SSSR count). The molecule has 2 aromatic rings. The Morgan fingerprint density at radius 1 is 1.07 bits per heavy atom. The molecule has 6 heteroatoms. The summed E-state index contributed by atoms with van der Waals surface area (Å²) in [6.45, 7) is 5.14. The van der Waals surface area contributed by atoms with Crippen LogP contribution in [-0.4, -0.2) is 24.6 Å². The number of rotatable bonds is 8. The van der Waals surface area contributed by atoms with Crippen LogP contribution >= 0.6 is 0 Å². The highest BCUT2D eigenvalue weighted by molar-refractivity contribution is 5.95. The van der Waals surface area contributed by atoms with E-state index in [1.807, 2.05) is 24.3 Å². The summed E-state index contributed by atoms with van der Waals surface area (Å²) < 4.78 is 23.6. The second kappa shape index (κ2) is 9.71. The van der Waals surface area contributed by atoms with Crippen LogP contribution in [0.4, 0.5) is 10.1 Å². The lowest BCUT2D eigenvalue weighted by atomic mass is 9.97. The number of benzene rings is 2. The van der Waals surface area contributed by atoms with E-state index in [0.717, 1.165) is 12.0 Å². The van der Waals surface area contributed by atoms with Crippen molar-refractivity contribution in [1.82, 2.24) is 0 Å². The topological polar surface area (TPSA) is 64.6 Å². The molecule has 0 aliphatic rings. The Kier molecular flexibility index (Phi) is 7.34. The smallest absolute Gasteiger partial charge is 0.344 e. The van der Waals surface area contributed by atoms with Gasteiger partial charge in [-0.15, -0.1) is 0 Å². The van der Waals surface area contributed by atoms with Crippen LogP contribution in [0.25, 0.3) is 0 Å². The van der Waals surface area contributed by atoms with Crippen molar-refractivity contribution >= 4 is 17.6 Å². The van der Waals surface area contributed by atoms with Crippen molar-refractivity contribution in [2.75, 3.05) is 11.9 Å². The molecule has 0 aromatic heterocycles. The quantitative estimate of drug-likeness (QED) is 0.701. The van der Waals surface area contributed by atoms with Crippen molar-refractivity contribution in [3.63, 3.8) is 0 Å². The molecule has 0 radical (unpaired) electrons. The first-order valence-corrected chi connectivity index (χ1v) is 8.89. The van der Waals surface area contributed by atoms with Gasteiger partial charge in [0.2, 0.25) is 0 Å². The van der Waals surface area contributed by atoms with Gasteiger partial charge in [0, 0.05) is 5.69 Å². The van der Waals surface area contributed by atoms with Crippen LogP contribution in [0.5, 0.6) is 5.75 Å². The lowest BCUT2D eigenvalue weighted by Crippen LogP contribution is -2.32. The van der Waals surface area contributed by atoms with Crippen molar-refractivity contribution in [3.05, 3.63) is 59.9 Å². The zero-order valence-electron chi connectivity index (χ0n) is 15.7. The zero-order valence-corrected chi connectivity index (χ0v) is 15.7. The summed E-state index contributed by atoms with van der Waals surface area (Å²) in [7, 11) is 0. The van der Waals surface area contributed by atoms with E-state index in [0.29, 0.717) is 5.69 Å². The second-order valence-electron chi connectivity index (χ2n) is 6.24. The highest BCUT2D eigenvalue weighted by atomic mass is 19.1. The van der Waals surface area contributed by atoms with E-state index in [9.17, 15) is 14.0 Å². The second-order valence-corrected chi connectivity index (χ2v) is 6.24. The van der Waals surface area contributed by atoms with Gasteiger partial charge in [-0.1, -0.05) is 44.2 Å². The molecule has 0 heterocycles. The molecule has 2 aromatic carbocycles. The monoisotopic (exact) mass is 373 g/mol. The van der Waals surface area contributed by atoms with Crippen LogP contribution in [0.3, 0.4) is 0 Å². The molecule has 0 fully saturated rings. The minimum absolute atomic E-state index is 0.0472. The van der Waals surface area contributed by atoms with Crippen LogP contribution in [-0.2, 0) is 14.3 Å². The summed E-state index contributed by atoms with van der Waals surface area (Å²) in [6, 6.07) is 13.3. The molecule has 0 saturated carbocycles. The largest absolute Gasteiger partial charge is 0.479 e. The Hall–Kier alpha value is -2.89. The summed E-state index contributed by atoms with van der Waals surface area (Å²) in [5, 5.41) is 2.80. The number of anilines is 1. The molecule has 0 saturated heterocycles. The number of esters is 1. The van der Waals surface area contributed by atoms with Gasteiger partial charge in [-0.3, -0.25) is 4.79 Å². The SMILES string of the molecule is CC[C@H](C)c1ccccc1NC(=O)[C@@H](C)OC(=O)COc1ccccc1F. The minimum Gasteiger partial charge on any atom is -0.479 e. The number of carbonyl (C=O) groups excluding carboxylic acids is 2. The number of nitrogens with one attached hydrogen (secondary N) is 1. The minimum atomic E-state index is -1.01. The number of carbonyl (C=O) groups is 2. The molecule has 0 spiro atoms. The van der Waals surface area contributed by atoms with Gasteiger partial charge in [0.1, 0.15) is 0 Å². The average Bonchev–Trinajstić information content (AvgIpc) is 2.67. The fraction of sp³-hybridized carbons (Fsp3) is 0.333. The molecule has 0 aliphatic heterocycles. The molecule has 5 nitrogen and oxygen atoms in total. The summed E-state index contributed by atoms with van der Waals surface area (Å²) in [6.07, 6.45) is -0.0724. The zero-order chi connectivity index (χ0) is 19.8. The van der Waals surface area contributed by atoms with Gasteiger partial charge in [0.05, 0.1) is 0 Å². The van der Waals surface area contributed by atoms with Crippen LogP contribution in [0.2, 0.25) is 0 Å². The number of hydrogen-bond acceptors (Lipinski definition) is 4. The first kappa shape index (κ1) is 20.4. The molecule has 0 aliphatic carbocycles. The maximum Gasteiger partial charge on any atom is 0.344 e. The molecule has 1 N–H and O–H groups in total. The first-order chi connectivity index (χ1) is 12.9. The highest BCUT2D eigenvalue weighted by Crippen LogP contribution is 2.26. The summed E-state index contributed by atoms with van der Waals surface area (Å²) in [5.74, 6) is -1.53. The van der Waals surface area contributed by atoms with Gasteiger partial charge in [0.15, 0.2) is 24.3 Å². The van der Waals surface area contributed by atoms with E-state index in [4.69, 9.17) is 9.47 Å². The van der Waals surface area contributed by atoms with Gasteiger partial charge < -0.3 is 14.8 Å². The Morgan fingerprint density at radius 2 is 1.74 bits per heavy atom. The van der Waals surface area contributed by atoms with E-state index in [2.05, 4.69) is 19.2 Å². The van der Waals surface area contributed by atoms with Crippen LogP contribution in [0.1, 0.15) is 38.7 Å². The maximum atomic E-state index is 13.5. The molecule has 2 atom stereocenters. The van der Waals surface area contributed by atoms with Crippen molar-refractivity contribution in [3.8, 4) is 5.75 Å². The van der Waals surface area contributed by atoms with Crippen LogP contribution < -0.4 is 10.1 Å². The number of amides is 1. The van der Waals surface area contributed by atoms with Crippen molar-refractivity contribution in [2.24, 2.45) is 0 Å². The number of ether oxygens (including phenoxy) is 2. The van der Waals surface area contributed by atoms with Gasteiger partial charge >= 0.3 is 5.97 Å². The van der Waals surface area contributed by atoms with Gasteiger partial charge in [0.25, 0.3) is 5.91 Å². The van der Waals surface area contributed by atoms with Crippen molar-refractivity contribution in [2.45, 2.75) is 39.2 Å². The fourth-order valence-corrected chi connectivity index (χ4v) is 2.48. The van der Waals surface area contributed by atoms with E-state index in [1.54, 1.807) is 6.07 Å². The summed E-state index contributed by atoms with van der Waals surface area (Å²) in [5.41, 5.74) is 1.72. The summed E-state index contributed by atoms with van der Waals surface area (Å²) >= 11 is 0. The molecule has 1 amide bonds. The lowest BCUT2D eigenvalue weighted by molar-refractivity contribution is -0.155. The van der Waals surface area contributed by atoms with Crippen LogP contribution in [0, 0.1) is 5.82 Å². The predicted octanol–water partition coefficient (Wildman–Crippen LogP) is 4.29. The third-order valence-corrected chi connectivity index (χ3v) is 4.22. The Balaban J connectivity index is 1.90. The molecule has 144 valence electrons. The average molecular weight is 373 g/mol. The van der Waals surface area contributed by atoms with E-state index >= 15 is 0 Å². The normalized spacial score (nSPS) is 12.7. The van der Waals surface area contributed by atoms with Gasteiger partial charge in [-0.05, 0) is 43.0 Å². The molecule has 0 unspecified atom stereocenters. The van der Waals surface area contributed by atoms with E-state index < -0.39 is 30.4 Å². The standard InChI is InChI=1S/C21H24FNO4/c1-4-14(2)16-9-5-7-11-18(16)23-21(25)15(3)27-20(24)13-26-19-12-8-6-10-17(19)22/h5-12,14-15H,4,13H2,1-3H3,(H,23,25)/t14-,15+/m0/s1. The molecular weight excluding hydrogens is 349 g/mol. The van der Waals surface area contributed by atoms with E-state index in [-0.39, 0.29) is 11.7 Å². The van der Waals surface area contributed by atoms with Gasteiger partial charge in [-0.25, -0.2) is 9.18 Å². The lowest BCUT2D eigenvalue weighted by Gasteiger charge is -2.18.